The largest absolute Gasteiger partial charge is 0.323 e. The van der Waals surface area contributed by atoms with Crippen LogP contribution in [0.4, 0.5) is 5.69 Å². The topological polar surface area (TPSA) is 57.8 Å². The van der Waals surface area contributed by atoms with Crippen molar-refractivity contribution in [1.82, 2.24) is 10.2 Å². The maximum atomic E-state index is 11.6. The van der Waals surface area contributed by atoms with Gasteiger partial charge in [-0.2, -0.15) is 5.10 Å². The van der Waals surface area contributed by atoms with Gasteiger partial charge in [0.2, 0.25) is 5.91 Å². The Morgan fingerprint density at radius 3 is 2.84 bits per heavy atom. The van der Waals surface area contributed by atoms with Gasteiger partial charge in [-0.1, -0.05) is 11.6 Å². The van der Waals surface area contributed by atoms with Crippen molar-refractivity contribution >= 4 is 35.0 Å². The van der Waals surface area contributed by atoms with Gasteiger partial charge >= 0.3 is 0 Å². The lowest BCUT2D eigenvalue weighted by molar-refractivity contribution is -0.116. The first-order valence-corrected chi connectivity index (χ1v) is 7.27. The summed E-state index contributed by atoms with van der Waals surface area (Å²) in [7, 11) is 0. The molecule has 1 amide bonds. The average Bonchev–Trinajstić information content (AvgIpc) is 2.89. The maximum Gasteiger partial charge on any atom is 0.224 e. The molecule has 0 spiro atoms. The Hall–Kier alpha value is -1.46. The highest BCUT2D eigenvalue weighted by Gasteiger charge is 2.03. The van der Waals surface area contributed by atoms with Crippen molar-refractivity contribution in [3.63, 3.8) is 0 Å². The normalized spacial score (nSPS) is 10.4. The first-order chi connectivity index (χ1) is 9.24. The summed E-state index contributed by atoms with van der Waals surface area (Å²) in [5, 5.41) is 9.92. The number of carbonyl (C=O) groups is 1. The molecule has 0 aliphatic heterocycles. The Morgan fingerprint density at radius 2 is 2.16 bits per heavy atom. The number of H-pyrrole nitrogens is 1. The number of nitrogens with one attached hydrogen (secondary N) is 2. The van der Waals surface area contributed by atoms with Crippen LogP contribution in [0.1, 0.15) is 12.8 Å². The molecule has 0 saturated heterocycles. The fourth-order valence-electron chi connectivity index (χ4n) is 1.50. The Bertz CT molecular complexity index is 513. The molecule has 0 aliphatic rings. The van der Waals surface area contributed by atoms with Crippen LogP contribution >= 0.6 is 23.4 Å². The minimum Gasteiger partial charge on any atom is -0.323 e. The van der Waals surface area contributed by atoms with Crippen LogP contribution in [0.3, 0.4) is 0 Å². The van der Waals surface area contributed by atoms with E-state index < -0.39 is 0 Å². The first kappa shape index (κ1) is 14.0. The van der Waals surface area contributed by atoms with Gasteiger partial charge in [0.1, 0.15) is 0 Å². The molecule has 0 unspecified atom stereocenters. The van der Waals surface area contributed by atoms with Crippen molar-refractivity contribution in [3.8, 4) is 0 Å². The number of benzene rings is 1. The number of thioether (sulfide) groups is 1. The molecular formula is C13H14ClN3OS. The van der Waals surface area contributed by atoms with Gasteiger partial charge < -0.3 is 5.32 Å². The summed E-state index contributed by atoms with van der Waals surface area (Å²) >= 11 is 7.53. The molecular weight excluding hydrogens is 282 g/mol. The lowest BCUT2D eigenvalue weighted by Gasteiger charge is -2.03. The van der Waals surface area contributed by atoms with E-state index >= 15 is 0 Å². The highest BCUT2D eigenvalue weighted by Crippen LogP contribution is 2.21. The van der Waals surface area contributed by atoms with Gasteiger partial charge in [-0.25, -0.2) is 0 Å². The van der Waals surface area contributed by atoms with Gasteiger partial charge in [-0.15, -0.1) is 11.8 Å². The van der Waals surface area contributed by atoms with E-state index in [2.05, 4.69) is 15.5 Å². The second kappa shape index (κ2) is 7.21. The van der Waals surface area contributed by atoms with Crippen LogP contribution in [0.15, 0.2) is 41.6 Å². The maximum absolute atomic E-state index is 11.6. The molecule has 2 rings (SSSR count). The standard InChI is InChI=1S/C13H14ClN3OS/c14-10-3-5-12(6-4-10)19-7-1-2-13(18)17-11-8-15-16-9-11/h3-6,8-9H,1-2,7H2,(H,15,16)(H,17,18). The third-order valence-electron chi connectivity index (χ3n) is 2.41. The Labute approximate surface area is 120 Å². The Kier molecular flexibility index (Phi) is 5.30. The summed E-state index contributed by atoms with van der Waals surface area (Å²) in [6.45, 7) is 0. The molecule has 4 nitrogen and oxygen atoms in total. The van der Waals surface area contributed by atoms with E-state index in [1.807, 2.05) is 24.3 Å². The number of anilines is 1. The number of hydrogen-bond acceptors (Lipinski definition) is 3. The summed E-state index contributed by atoms with van der Waals surface area (Å²) in [5.74, 6) is 0.915. The van der Waals surface area contributed by atoms with Crippen LogP contribution in [0.25, 0.3) is 0 Å². The zero-order valence-corrected chi connectivity index (χ0v) is 11.8. The van der Waals surface area contributed by atoms with Crippen LogP contribution < -0.4 is 5.32 Å². The van der Waals surface area contributed by atoms with E-state index in [9.17, 15) is 4.79 Å². The second-order valence-corrected chi connectivity index (χ2v) is 5.55. The van der Waals surface area contributed by atoms with Crippen molar-refractivity contribution in [1.29, 1.82) is 0 Å². The lowest BCUT2D eigenvalue weighted by Crippen LogP contribution is -2.10. The fraction of sp³-hybridized carbons (Fsp3) is 0.231. The monoisotopic (exact) mass is 295 g/mol. The molecule has 100 valence electrons. The zero-order valence-electron chi connectivity index (χ0n) is 10.2. The fourth-order valence-corrected chi connectivity index (χ4v) is 2.48. The minimum absolute atomic E-state index is 0.0121. The third kappa shape index (κ3) is 4.96. The molecule has 2 N–H and O–H groups in total. The SMILES string of the molecule is O=C(CCCSc1ccc(Cl)cc1)Nc1cn[nH]c1. The smallest absolute Gasteiger partial charge is 0.224 e. The van der Waals surface area contributed by atoms with Crippen LogP contribution in [0.2, 0.25) is 5.02 Å². The van der Waals surface area contributed by atoms with Gasteiger partial charge in [0.05, 0.1) is 11.9 Å². The van der Waals surface area contributed by atoms with Crippen LogP contribution in [-0.2, 0) is 4.79 Å². The van der Waals surface area contributed by atoms with Gasteiger partial charge in [0.25, 0.3) is 0 Å². The molecule has 0 radical (unpaired) electrons. The minimum atomic E-state index is 0.0121. The zero-order chi connectivity index (χ0) is 13.5. The second-order valence-electron chi connectivity index (χ2n) is 3.94. The van der Waals surface area contributed by atoms with E-state index in [4.69, 9.17) is 11.6 Å². The van der Waals surface area contributed by atoms with Gasteiger partial charge in [-0.3, -0.25) is 9.89 Å². The van der Waals surface area contributed by atoms with Gasteiger partial charge in [-0.05, 0) is 36.4 Å². The Balaban J connectivity index is 1.64. The molecule has 0 atom stereocenters. The van der Waals surface area contributed by atoms with E-state index in [1.54, 1.807) is 24.2 Å². The molecule has 1 aromatic carbocycles. The number of hydrogen-bond donors (Lipinski definition) is 2. The first-order valence-electron chi connectivity index (χ1n) is 5.91. The number of nitrogens with zero attached hydrogens (tertiary/aromatic N) is 1. The molecule has 0 aliphatic carbocycles. The summed E-state index contributed by atoms with van der Waals surface area (Å²) in [6, 6.07) is 7.71. The van der Waals surface area contributed by atoms with Crippen LogP contribution in [0.5, 0.6) is 0 Å². The molecule has 0 saturated carbocycles. The number of carbonyl (C=O) groups excluding carboxylic acids is 1. The van der Waals surface area contributed by atoms with Crippen LogP contribution in [0, 0.1) is 0 Å². The van der Waals surface area contributed by atoms with E-state index in [1.165, 1.54) is 4.90 Å². The molecule has 1 heterocycles. The Morgan fingerprint density at radius 1 is 1.37 bits per heavy atom. The number of aromatic nitrogens is 2. The van der Waals surface area contributed by atoms with Crippen LogP contribution in [-0.4, -0.2) is 21.9 Å². The van der Waals surface area contributed by atoms with Crippen molar-refractivity contribution in [3.05, 3.63) is 41.7 Å². The summed E-state index contributed by atoms with van der Waals surface area (Å²) in [6.07, 6.45) is 4.57. The molecule has 1 aromatic heterocycles. The number of amides is 1. The molecule has 2 aromatic rings. The summed E-state index contributed by atoms with van der Waals surface area (Å²) in [4.78, 5) is 12.8. The molecule has 6 heteroatoms. The predicted octanol–water partition coefficient (Wildman–Crippen LogP) is 3.57. The molecule has 19 heavy (non-hydrogen) atoms. The number of rotatable bonds is 6. The highest BCUT2D eigenvalue weighted by atomic mass is 35.5. The lowest BCUT2D eigenvalue weighted by atomic mass is 10.3. The van der Waals surface area contributed by atoms with Crippen molar-refractivity contribution < 1.29 is 4.79 Å². The third-order valence-corrected chi connectivity index (χ3v) is 3.76. The summed E-state index contributed by atoms with van der Waals surface area (Å²) < 4.78 is 0. The summed E-state index contributed by atoms with van der Waals surface area (Å²) in [5.41, 5.74) is 0.704. The molecule has 0 bridgehead atoms. The van der Waals surface area contributed by atoms with Gasteiger partial charge in [0, 0.05) is 22.5 Å². The van der Waals surface area contributed by atoms with E-state index in [-0.39, 0.29) is 5.91 Å². The van der Waals surface area contributed by atoms with E-state index in [0.717, 1.165) is 17.2 Å². The van der Waals surface area contributed by atoms with E-state index in [0.29, 0.717) is 12.1 Å². The van der Waals surface area contributed by atoms with Crippen molar-refractivity contribution in [2.75, 3.05) is 11.1 Å². The molecule has 0 fully saturated rings. The highest BCUT2D eigenvalue weighted by molar-refractivity contribution is 7.99. The number of aromatic amines is 1. The van der Waals surface area contributed by atoms with Crippen molar-refractivity contribution in [2.24, 2.45) is 0 Å². The van der Waals surface area contributed by atoms with Crippen molar-refractivity contribution in [2.45, 2.75) is 17.7 Å². The number of halogens is 1. The quantitative estimate of drug-likeness (QED) is 0.632. The predicted molar refractivity (Wildman–Crippen MR) is 78.6 cm³/mol. The van der Waals surface area contributed by atoms with Gasteiger partial charge in [0.15, 0.2) is 0 Å². The average molecular weight is 296 g/mol.